The van der Waals surface area contributed by atoms with Crippen molar-refractivity contribution in [3.8, 4) is 0 Å². The molecular formula is C18H29N3O2S. The Morgan fingerprint density at radius 1 is 1.04 bits per heavy atom. The normalized spacial score (nSPS) is 10.3. The number of rotatable bonds is 10. The van der Waals surface area contributed by atoms with Gasteiger partial charge in [-0.05, 0) is 26.3 Å². The van der Waals surface area contributed by atoms with Crippen molar-refractivity contribution < 1.29 is 9.59 Å². The van der Waals surface area contributed by atoms with Crippen LogP contribution in [-0.4, -0.2) is 48.8 Å². The molecule has 5 nitrogen and oxygen atoms in total. The number of nitrogens with zero attached hydrogens (tertiary/aromatic N) is 1. The van der Waals surface area contributed by atoms with E-state index in [-0.39, 0.29) is 11.9 Å². The second-order valence-corrected chi connectivity index (χ2v) is 6.64. The average Bonchev–Trinajstić information content (AvgIpc) is 2.57. The Kier molecular flexibility index (Phi) is 10.00. The fourth-order valence-electron chi connectivity index (χ4n) is 2.19. The highest BCUT2D eigenvalue weighted by atomic mass is 32.2. The lowest BCUT2D eigenvalue weighted by Crippen LogP contribution is -2.39. The molecule has 0 spiro atoms. The van der Waals surface area contributed by atoms with Gasteiger partial charge in [0.1, 0.15) is 0 Å². The summed E-state index contributed by atoms with van der Waals surface area (Å²) >= 11 is 1.79. The maximum atomic E-state index is 11.8. The van der Waals surface area contributed by atoms with Crippen LogP contribution >= 0.6 is 11.8 Å². The van der Waals surface area contributed by atoms with Gasteiger partial charge in [-0.2, -0.15) is 11.8 Å². The van der Waals surface area contributed by atoms with Crippen LogP contribution < -0.4 is 10.6 Å². The molecule has 0 atom stereocenters. The van der Waals surface area contributed by atoms with Crippen molar-refractivity contribution in [2.45, 2.75) is 32.9 Å². The van der Waals surface area contributed by atoms with Crippen molar-refractivity contribution in [2.24, 2.45) is 0 Å². The van der Waals surface area contributed by atoms with Crippen LogP contribution in [0.3, 0.4) is 0 Å². The molecule has 134 valence electrons. The van der Waals surface area contributed by atoms with Gasteiger partial charge in [-0.15, -0.1) is 0 Å². The first-order valence-electron chi connectivity index (χ1n) is 8.49. The lowest BCUT2D eigenvalue weighted by Gasteiger charge is -2.18. The molecule has 0 fully saturated rings. The Bertz CT molecular complexity index is 501. The molecule has 1 aromatic carbocycles. The molecule has 2 N–H and O–H groups in total. The van der Waals surface area contributed by atoms with Crippen molar-refractivity contribution in [2.75, 3.05) is 31.9 Å². The number of urea groups is 1. The molecule has 6 heteroatoms. The van der Waals surface area contributed by atoms with Crippen molar-refractivity contribution in [3.05, 3.63) is 35.4 Å². The molecule has 0 saturated carbocycles. The Hall–Kier alpha value is -1.69. The summed E-state index contributed by atoms with van der Waals surface area (Å²) in [6.45, 7) is 8.39. The van der Waals surface area contributed by atoms with Gasteiger partial charge in [-0.25, -0.2) is 4.79 Å². The number of nitrogens with one attached hydrogen (secondary N) is 2. The van der Waals surface area contributed by atoms with E-state index < -0.39 is 0 Å². The van der Waals surface area contributed by atoms with Crippen molar-refractivity contribution in [3.63, 3.8) is 0 Å². The van der Waals surface area contributed by atoms with Gasteiger partial charge >= 0.3 is 6.03 Å². The number of aryl methyl sites for hydroxylation is 1. The maximum absolute atomic E-state index is 11.8. The molecule has 0 aliphatic carbocycles. The first-order chi connectivity index (χ1) is 11.6. The van der Waals surface area contributed by atoms with E-state index in [1.54, 1.807) is 16.7 Å². The van der Waals surface area contributed by atoms with Crippen molar-refractivity contribution in [1.29, 1.82) is 0 Å². The number of benzene rings is 1. The quantitative estimate of drug-likeness (QED) is 0.637. The summed E-state index contributed by atoms with van der Waals surface area (Å²) in [5, 5.41) is 5.54. The fourth-order valence-corrected chi connectivity index (χ4v) is 3.01. The molecule has 24 heavy (non-hydrogen) atoms. The second kappa shape index (κ2) is 11.8. The minimum atomic E-state index is -0.210. The molecule has 0 unspecified atom stereocenters. The van der Waals surface area contributed by atoms with E-state index in [0.29, 0.717) is 32.6 Å². The van der Waals surface area contributed by atoms with Crippen LogP contribution in [0, 0.1) is 6.92 Å². The Labute approximate surface area is 149 Å². The van der Waals surface area contributed by atoms with E-state index in [2.05, 4.69) is 41.8 Å². The molecular weight excluding hydrogens is 322 g/mol. The molecule has 0 saturated heterocycles. The predicted octanol–water partition coefficient (Wildman–Crippen LogP) is 2.79. The topological polar surface area (TPSA) is 61.4 Å². The summed E-state index contributed by atoms with van der Waals surface area (Å²) in [5.74, 6) is 1.88. The lowest BCUT2D eigenvalue weighted by molar-refractivity contribution is -0.130. The third kappa shape index (κ3) is 8.24. The van der Waals surface area contributed by atoms with Gasteiger partial charge in [0, 0.05) is 44.1 Å². The number of hydrogen-bond donors (Lipinski definition) is 2. The van der Waals surface area contributed by atoms with Gasteiger partial charge in [-0.3, -0.25) is 4.79 Å². The molecule has 0 aliphatic rings. The van der Waals surface area contributed by atoms with Crippen LogP contribution in [0.1, 0.15) is 31.4 Å². The second-order valence-electron chi connectivity index (χ2n) is 5.54. The largest absolute Gasteiger partial charge is 0.343 e. The van der Waals surface area contributed by atoms with E-state index in [4.69, 9.17) is 0 Å². The van der Waals surface area contributed by atoms with Crippen LogP contribution in [0.2, 0.25) is 0 Å². The number of carbonyl (C=O) groups is 2. The first-order valence-corrected chi connectivity index (χ1v) is 9.65. The van der Waals surface area contributed by atoms with Crippen molar-refractivity contribution in [1.82, 2.24) is 15.5 Å². The lowest BCUT2D eigenvalue weighted by atomic mass is 10.2. The Balaban J connectivity index is 2.05. The SMILES string of the molecule is CCN(CC)C(=O)CCNC(=O)NCCSCc1ccc(C)cc1. The van der Waals surface area contributed by atoms with Gasteiger partial charge in [0.25, 0.3) is 0 Å². The standard InChI is InChI=1S/C18H29N3O2S/c1-4-21(5-2)17(22)10-11-19-18(23)20-12-13-24-14-16-8-6-15(3)7-9-16/h6-9H,4-5,10-14H2,1-3H3,(H2,19,20,23). The number of hydrogen-bond acceptors (Lipinski definition) is 3. The van der Waals surface area contributed by atoms with Crippen LogP contribution in [0.4, 0.5) is 4.79 Å². The Morgan fingerprint density at radius 3 is 2.29 bits per heavy atom. The van der Waals surface area contributed by atoms with E-state index in [0.717, 1.165) is 11.5 Å². The maximum Gasteiger partial charge on any atom is 0.314 e. The summed E-state index contributed by atoms with van der Waals surface area (Å²) in [7, 11) is 0. The molecule has 0 aliphatic heterocycles. The van der Waals surface area contributed by atoms with E-state index >= 15 is 0 Å². The van der Waals surface area contributed by atoms with Crippen LogP contribution in [0.5, 0.6) is 0 Å². The van der Waals surface area contributed by atoms with Gasteiger partial charge in [0.2, 0.25) is 5.91 Å². The van der Waals surface area contributed by atoms with E-state index in [1.807, 2.05) is 13.8 Å². The van der Waals surface area contributed by atoms with Gasteiger partial charge in [0.15, 0.2) is 0 Å². The van der Waals surface area contributed by atoms with Crippen LogP contribution in [-0.2, 0) is 10.5 Å². The van der Waals surface area contributed by atoms with Crippen LogP contribution in [0.15, 0.2) is 24.3 Å². The number of carbonyl (C=O) groups excluding carboxylic acids is 2. The monoisotopic (exact) mass is 351 g/mol. The summed E-state index contributed by atoms with van der Waals surface area (Å²) in [5.41, 5.74) is 2.56. The summed E-state index contributed by atoms with van der Waals surface area (Å²) in [6, 6.07) is 8.28. The third-order valence-corrected chi connectivity index (χ3v) is 4.69. The van der Waals surface area contributed by atoms with E-state index in [1.165, 1.54) is 11.1 Å². The smallest absolute Gasteiger partial charge is 0.314 e. The zero-order valence-electron chi connectivity index (χ0n) is 14.9. The van der Waals surface area contributed by atoms with Gasteiger partial charge < -0.3 is 15.5 Å². The molecule has 0 heterocycles. The highest BCUT2D eigenvalue weighted by molar-refractivity contribution is 7.98. The predicted molar refractivity (Wildman–Crippen MR) is 101 cm³/mol. The summed E-state index contributed by atoms with van der Waals surface area (Å²) < 4.78 is 0. The minimum absolute atomic E-state index is 0.0777. The van der Waals surface area contributed by atoms with Crippen molar-refractivity contribution >= 4 is 23.7 Å². The molecule has 1 rings (SSSR count). The highest BCUT2D eigenvalue weighted by Gasteiger charge is 2.09. The summed E-state index contributed by atoms with van der Waals surface area (Å²) in [6.07, 6.45) is 0.345. The number of amides is 3. The molecule has 0 radical (unpaired) electrons. The molecule has 1 aromatic rings. The molecule has 3 amide bonds. The molecule has 0 aromatic heterocycles. The molecule has 0 bridgehead atoms. The zero-order chi connectivity index (χ0) is 17.8. The first kappa shape index (κ1) is 20.4. The van der Waals surface area contributed by atoms with Gasteiger partial charge in [-0.1, -0.05) is 29.8 Å². The average molecular weight is 352 g/mol. The van der Waals surface area contributed by atoms with E-state index in [9.17, 15) is 9.59 Å². The zero-order valence-corrected chi connectivity index (χ0v) is 15.7. The fraction of sp³-hybridized carbons (Fsp3) is 0.556. The minimum Gasteiger partial charge on any atom is -0.343 e. The summed E-state index contributed by atoms with van der Waals surface area (Å²) in [4.78, 5) is 25.2. The highest BCUT2D eigenvalue weighted by Crippen LogP contribution is 2.12. The third-order valence-electron chi connectivity index (χ3n) is 3.66. The van der Waals surface area contributed by atoms with Gasteiger partial charge in [0.05, 0.1) is 0 Å². The number of thioether (sulfide) groups is 1. The Morgan fingerprint density at radius 2 is 1.67 bits per heavy atom. The van der Waals surface area contributed by atoms with Crippen LogP contribution in [0.25, 0.3) is 0 Å².